The minimum atomic E-state index is 0.438. The van der Waals surface area contributed by atoms with Crippen LogP contribution in [0.4, 0.5) is 0 Å². The molecule has 0 amide bonds. The zero-order valence-electron chi connectivity index (χ0n) is 8.26. The van der Waals surface area contributed by atoms with Gasteiger partial charge in [-0.25, -0.2) is 0 Å². The van der Waals surface area contributed by atoms with E-state index in [0.29, 0.717) is 17.6 Å². The average Bonchev–Trinajstić information content (AvgIpc) is 2.35. The van der Waals surface area contributed by atoms with E-state index in [9.17, 15) is 4.79 Å². The van der Waals surface area contributed by atoms with Gasteiger partial charge in [-0.1, -0.05) is 25.5 Å². The van der Waals surface area contributed by atoms with E-state index < -0.39 is 0 Å². The monoisotopic (exact) mass is 166 g/mol. The third-order valence-corrected chi connectivity index (χ3v) is 2.69. The fourth-order valence-corrected chi connectivity index (χ4v) is 1.55. The molecule has 1 atom stereocenters. The fourth-order valence-electron chi connectivity index (χ4n) is 1.55. The highest BCUT2D eigenvalue weighted by Gasteiger charge is 2.20. The topological polar surface area (TPSA) is 17.1 Å². The number of rotatable bonds is 2. The molecular formula is C11H18O. The molecule has 1 saturated carbocycles. The van der Waals surface area contributed by atoms with Gasteiger partial charge in [0.25, 0.3) is 0 Å². The van der Waals surface area contributed by atoms with Crippen molar-refractivity contribution >= 4 is 5.78 Å². The molecule has 68 valence electrons. The van der Waals surface area contributed by atoms with Gasteiger partial charge in [-0.2, -0.15) is 0 Å². The van der Waals surface area contributed by atoms with Crippen LogP contribution >= 0.6 is 0 Å². The van der Waals surface area contributed by atoms with Gasteiger partial charge in [-0.3, -0.25) is 4.79 Å². The van der Waals surface area contributed by atoms with E-state index in [0.717, 1.165) is 19.3 Å². The van der Waals surface area contributed by atoms with Crippen molar-refractivity contribution in [2.75, 3.05) is 0 Å². The van der Waals surface area contributed by atoms with Crippen LogP contribution in [-0.4, -0.2) is 5.78 Å². The molecule has 0 aromatic carbocycles. The largest absolute Gasteiger partial charge is 0.300 e. The first kappa shape index (κ1) is 9.50. The van der Waals surface area contributed by atoms with Gasteiger partial charge < -0.3 is 0 Å². The number of ketones is 1. The summed E-state index contributed by atoms with van der Waals surface area (Å²) in [6, 6.07) is 0. The van der Waals surface area contributed by atoms with E-state index in [-0.39, 0.29) is 0 Å². The lowest BCUT2D eigenvalue weighted by Gasteiger charge is -2.07. The highest BCUT2D eigenvalue weighted by Crippen LogP contribution is 2.25. The Labute approximate surface area is 74.9 Å². The Morgan fingerprint density at radius 1 is 1.58 bits per heavy atom. The quantitative estimate of drug-likeness (QED) is 0.576. The zero-order chi connectivity index (χ0) is 9.14. The summed E-state index contributed by atoms with van der Waals surface area (Å²) < 4.78 is 0. The van der Waals surface area contributed by atoms with Crippen LogP contribution in [0.15, 0.2) is 11.6 Å². The van der Waals surface area contributed by atoms with Crippen molar-refractivity contribution in [3.8, 4) is 0 Å². The lowest BCUT2D eigenvalue weighted by molar-refractivity contribution is -0.117. The molecule has 1 aliphatic rings. The first-order valence-corrected chi connectivity index (χ1v) is 4.79. The van der Waals surface area contributed by atoms with Gasteiger partial charge in [-0.15, -0.1) is 0 Å². The highest BCUT2D eigenvalue weighted by atomic mass is 16.1. The minimum absolute atomic E-state index is 0.438. The molecule has 0 N–H and O–H groups in total. The Hall–Kier alpha value is -0.590. The van der Waals surface area contributed by atoms with Gasteiger partial charge in [0.1, 0.15) is 5.78 Å². The molecular weight excluding hydrogens is 148 g/mol. The van der Waals surface area contributed by atoms with E-state index in [1.807, 2.05) is 0 Å². The molecule has 0 aliphatic heterocycles. The lowest BCUT2D eigenvalue weighted by Crippen LogP contribution is -1.95. The SMILES string of the molecule is CC(=CC1CCC(=O)C1)C(C)C. The first-order chi connectivity index (χ1) is 5.59. The fraction of sp³-hybridized carbons (Fsp3) is 0.727. The van der Waals surface area contributed by atoms with Gasteiger partial charge in [0.05, 0.1) is 0 Å². The molecule has 1 heteroatoms. The smallest absolute Gasteiger partial charge is 0.133 e. The van der Waals surface area contributed by atoms with E-state index in [4.69, 9.17) is 0 Å². The van der Waals surface area contributed by atoms with Crippen molar-refractivity contribution in [2.24, 2.45) is 11.8 Å². The molecule has 1 fully saturated rings. The molecule has 1 aliphatic carbocycles. The minimum Gasteiger partial charge on any atom is -0.300 e. The summed E-state index contributed by atoms with van der Waals surface area (Å²) in [5.74, 6) is 1.61. The van der Waals surface area contributed by atoms with E-state index in [2.05, 4.69) is 26.8 Å². The number of hydrogen-bond donors (Lipinski definition) is 0. The Bertz CT molecular complexity index is 201. The Kier molecular flexibility index (Phi) is 3.07. The number of Topliss-reactive ketones (excluding diaryl/α,β-unsaturated/α-hetero) is 1. The van der Waals surface area contributed by atoms with Gasteiger partial charge in [0.15, 0.2) is 0 Å². The van der Waals surface area contributed by atoms with Gasteiger partial charge in [0.2, 0.25) is 0 Å². The van der Waals surface area contributed by atoms with E-state index >= 15 is 0 Å². The normalized spacial score (nSPS) is 25.5. The third kappa shape index (κ3) is 2.47. The van der Waals surface area contributed by atoms with E-state index in [1.165, 1.54) is 5.57 Å². The molecule has 1 unspecified atom stereocenters. The van der Waals surface area contributed by atoms with Crippen LogP contribution in [0.1, 0.15) is 40.0 Å². The average molecular weight is 166 g/mol. The van der Waals surface area contributed by atoms with Crippen molar-refractivity contribution in [1.82, 2.24) is 0 Å². The number of allylic oxidation sites excluding steroid dienone is 2. The molecule has 0 aromatic heterocycles. The number of carbonyl (C=O) groups excluding carboxylic acids is 1. The number of carbonyl (C=O) groups is 1. The predicted octanol–water partition coefficient (Wildman–Crippen LogP) is 2.96. The summed E-state index contributed by atoms with van der Waals surface area (Å²) in [7, 11) is 0. The van der Waals surface area contributed by atoms with Crippen molar-refractivity contribution in [3.63, 3.8) is 0 Å². The van der Waals surface area contributed by atoms with Crippen molar-refractivity contribution in [3.05, 3.63) is 11.6 Å². The predicted molar refractivity (Wildman–Crippen MR) is 50.9 cm³/mol. The summed E-state index contributed by atoms with van der Waals surface area (Å²) >= 11 is 0. The molecule has 0 spiro atoms. The molecule has 1 nitrogen and oxygen atoms in total. The van der Waals surface area contributed by atoms with Gasteiger partial charge in [-0.05, 0) is 25.2 Å². The van der Waals surface area contributed by atoms with Gasteiger partial charge >= 0.3 is 0 Å². The Morgan fingerprint density at radius 2 is 2.25 bits per heavy atom. The molecule has 0 aromatic rings. The lowest BCUT2D eigenvalue weighted by atomic mass is 9.98. The van der Waals surface area contributed by atoms with Crippen LogP contribution < -0.4 is 0 Å². The first-order valence-electron chi connectivity index (χ1n) is 4.79. The highest BCUT2D eigenvalue weighted by molar-refractivity contribution is 5.80. The van der Waals surface area contributed by atoms with Crippen LogP contribution in [-0.2, 0) is 4.79 Å². The molecule has 0 heterocycles. The second-order valence-electron chi connectivity index (χ2n) is 4.11. The second-order valence-corrected chi connectivity index (χ2v) is 4.11. The maximum absolute atomic E-state index is 11.0. The summed E-state index contributed by atoms with van der Waals surface area (Å²) in [4.78, 5) is 11.0. The van der Waals surface area contributed by atoms with Crippen LogP contribution in [0.2, 0.25) is 0 Å². The van der Waals surface area contributed by atoms with Crippen molar-refractivity contribution in [2.45, 2.75) is 40.0 Å². The molecule has 12 heavy (non-hydrogen) atoms. The molecule has 0 saturated heterocycles. The van der Waals surface area contributed by atoms with Crippen LogP contribution in [0.3, 0.4) is 0 Å². The van der Waals surface area contributed by atoms with Gasteiger partial charge in [0, 0.05) is 12.8 Å². The Balaban J connectivity index is 2.50. The van der Waals surface area contributed by atoms with Crippen molar-refractivity contribution < 1.29 is 4.79 Å². The maximum atomic E-state index is 11.0. The standard InChI is InChI=1S/C11H18O/c1-8(2)9(3)6-10-4-5-11(12)7-10/h6,8,10H,4-5,7H2,1-3H3. The third-order valence-electron chi connectivity index (χ3n) is 2.69. The van der Waals surface area contributed by atoms with Crippen LogP contribution in [0.25, 0.3) is 0 Å². The summed E-state index contributed by atoms with van der Waals surface area (Å²) in [6.07, 6.45) is 4.94. The molecule has 0 bridgehead atoms. The summed E-state index contributed by atoms with van der Waals surface area (Å²) in [5, 5.41) is 0. The second kappa shape index (κ2) is 3.88. The Morgan fingerprint density at radius 3 is 2.67 bits per heavy atom. The van der Waals surface area contributed by atoms with E-state index in [1.54, 1.807) is 0 Å². The summed E-state index contributed by atoms with van der Waals surface area (Å²) in [6.45, 7) is 6.55. The molecule has 0 radical (unpaired) electrons. The molecule has 1 rings (SSSR count). The van der Waals surface area contributed by atoms with Crippen LogP contribution in [0, 0.1) is 11.8 Å². The van der Waals surface area contributed by atoms with Crippen molar-refractivity contribution in [1.29, 1.82) is 0 Å². The zero-order valence-corrected chi connectivity index (χ0v) is 8.26. The van der Waals surface area contributed by atoms with Crippen LogP contribution in [0.5, 0.6) is 0 Å². The summed E-state index contributed by atoms with van der Waals surface area (Å²) in [5.41, 5.74) is 1.43. The maximum Gasteiger partial charge on any atom is 0.133 e. The number of hydrogen-bond acceptors (Lipinski definition) is 1.